The molecule has 0 atom stereocenters. The van der Waals surface area contributed by atoms with E-state index in [0.717, 1.165) is 5.57 Å². The lowest BCUT2D eigenvalue weighted by Crippen LogP contribution is -1.61. The predicted molar refractivity (Wildman–Crippen MR) is 40.4 cm³/mol. The lowest BCUT2D eigenvalue weighted by atomic mass is 10.4. The van der Waals surface area contributed by atoms with E-state index in [4.69, 9.17) is 0 Å². The summed E-state index contributed by atoms with van der Waals surface area (Å²) in [5.74, 6) is 0. The van der Waals surface area contributed by atoms with Crippen molar-refractivity contribution in [1.29, 1.82) is 0 Å². The van der Waals surface area contributed by atoms with Gasteiger partial charge in [0.2, 0.25) is 0 Å². The van der Waals surface area contributed by atoms with Gasteiger partial charge in [0.25, 0.3) is 0 Å². The monoisotopic (exact) mass is 204 g/mol. The van der Waals surface area contributed by atoms with Gasteiger partial charge in [-0.25, -0.2) is 0 Å². The van der Waals surface area contributed by atoms with Crippen molar-refractivity contribution in [3.8, 4) is 0 Å². The van der Waals surface area contributed by atoms with Gasteiger partial charge in [0, 0.05) is 3.58 Å². The van der Waals surface area contributed by atoms with Crippen LogP contribution in [0.5, 0.6) is 0 Å². The summed E-state index contributed by atoms with van der Waals surface area (Å²) in [5, 5.41) is 0. The van der Waals surface area contributed by atoms with Crippen LogP contribution in [0.25, 0.3) is 0 Å². The van der Waals surface area contributed by atoms with Gasteiger partial charge in [-0.2, -0.15) is 0 Å². The average molecular weight is 204 g/mol. The Morgan fingerprint density at radius 3 is 2.43 bits per heavy atom. The Hall–Kier alpha value is -0.0500. The molecule has 0 unspecified atom stereocenters. The van der Waals surface area contributed by atoms with E-state index < -0.39 is 0 Å². The first-order valence-corrected chi connectivity index (χ1v) is 3.12. The number of rotatable bonds is 0. The molecule has 0 amide bonds. The second-order valence-corrected chi connectivity index (χ2v) is 2.56. The van der Waals surface area contributed by atoms with Crippen LogP contribution in [0, 0.1) is 0 Å². The second kappa shape index (κ2) is 1.82. The average Bonchev–Trinajstić information content (AvgIpc) is 1.91. The fourth-order valence-corrected chi connectivity index (χ4v) is 0.823. The Balaban J connectivity index is 2.89. The third-order valence-electron chi connectivity index (χ3n) is 0.847. The molecule has 0 aliphatic heterocycles. The molecule has 0 spiro atoms. The third-order valence-corrected chi connectivity index (χ3v) is 1.90. The molecule has 0 saturated carbocycles. The Kier molecular flexibility index (Phi) is 1.32. The van der Waals surface area contributed by atoms with Gasteiger partial charge in [0.1, 0.15) is 0 Å². The summed E-state index contributed by atoms with van der Waals surface area (Å²) in [7, 11) is 0. The Bertz CT molecular complexity index is 152. The summed E-state index contributed by atoms with van der Waals surface area (Å²) in [6.45, 7) is 3.77. The minimum absolute atomic E-state index is 1.13. The van der Waals surface area contributed by atoms with Crippen LogP contribution in [0.4, 0.5) is 0 Å². The van der Waals surface area contributed by atoms with Crippen molar-refractivity contribution < 1.29 is 0 Å². The van der Waals surface area contributed by atoms with Gasteiger partial charge in [-0.3, -0.25) is 0 Å². The second-order valence-electron chi connectivity index (χ2n) is 1.40. The highest BCUT2D eigenvalue weighted by Crippen LogP contribution is 2.21. The largest absolute Gasteiger partial charge is 0.0907 e. The summed E-state index contributed by atoms with van der Waals surface area (Å²) in [4.78, 5) is 0. The molecule has 0 saturated heterocycles. The van der Waals surface area contributed by atoms with E-state index in [9.17, 15) is 0 Å². The number of allylic oxidation sites excluding steroid dienone is 5. The SMILES string of the molecule is C=C1C=CC=C1I. The highest BCUT2D eigenvalue weighted by molar-refractivity contribution is 14.1. The fourth-order valence-electron chi connectivity index (χ4n) is 0.435. The Morgan fingerprint density at radius 1 is 1.57 bits per heavy atom. The van der Waals surface area contributed by atoms with Crippen LogP contribution in [-0.4, -0.2) is 0 Å². The summed E-state index contributed by atoms with van der Waals surface area (Å²) >= 11 is 2.26. The fraction of sp³-hybridized carbons (Fsp3) is 0. The van der Waals surface area contributed by atoms with E-state index in [2.05, 4.69) is 29.2 Å². The first-order valence-electron chi connectivity index (χ1n) is 2.04. The normalized spacial score (nSPS) is 17.9. The van der Waals surface area contributed by atoms with Gasteiger partial charge >= 0.3 is 0 Å². The number of hydrogen-bond donors (Lipinski definition) is 0. The summed E-state index contributed by atoms with van der Waals surface area (Å²) in [6, 6.07) is 0. The van der Waals surface area contributed by atoms with E-state index in [1.54, 1.807) is 0 Å². The molecule has 1 heteroatoms. The molecule has 0 heterocycles. The molecule has 1 aliphatic rings. The van der Waals surface area contributed by atoms with Crippen LogP contribution in [0.15, 0.2) is 34.0 Å². The van der Waals surface area contributed by atoms with Crippen LogP contribution in [0.1, 0.15) is 0 Å². The zero-order valence-electron chi connectivity index (χ0n) is 3.82. The Labute approximate surface area is 56.8 Å². The summed E-state index contributed by atoms with van der Waals surface area (Å²) in [6.07, 6.45) is 6.05. The van der Waals surface area contributed by atoms with Gasteiger partial charge in [0.15, 0.2) is 0 Å². The molecule has 0 aromatic rings. The topological polar surface area (TPSA) is 0 Å². The number of hydrogen-bond acceptors (Lipinski definition) is 0. The van der Waals surface area contributed by atoms with Crippen molar-refractivity contribution in [3.05, 3.63) is 34.0 Å². The van der Waals surface area contributed by atoms with E-state index in [-0.39, 0.29) is 0 Å². The standard InChI is InChI=1S/C6H5I/c1-5-3-2-4-6(5)7/h2-4H,1H2. The molecule has 0 aromatic carbocycles. The zero-order valence-corrected chi connectivity index (χ0v) is 5.97. The van der Waals surface area contributed by atoms with Crippen LogP contribution < -0.4 is 0 Å². The first-order chi connectivity index (χ1) is 3.30. The van der Waals surface area contributed by atoms with Crippen LogP contribution in [-0.2, 0) is 0 Å². The minimum atomic E-state index is 1.13. The van der Waals surface area contributed by atoms with Gasteiger partial charge in [0.05, 0.1) is 0 Å². The third kappa shape index (κ3) is 0.938. The molecule has 0 aromatic heterocycles. The van der Waals surface area contributed by atoms with Gasteiger partial charge in [-0.15, -0.1) is 0 Å². The van der Waals surface area contributed by atoms with E-state index in [0.29, 0.717) is 0 Å². The molecule has 0 radical (unpaired) electrons. The first kappa shape index (κ1) is 5.09. The smallest absolute Gasteiger partial charge is 0.0196 e. The molecule has 1 rings (SSSR count). The molecule has 0 N–H and O–H groups in total. The molecule has 1 aliphatic carbocycles. The van der Waals surface area contributed by atoms with E-state index in [1.807, 2.05) is 18.2 Å². The minimum Gasteiger partial charge on any atom is -0.0907 e. The maximum absolute atomic E-state index is 3.77. The van der Waals surface area contributed by atoms with Crippen LogP contribution >= 0.6 is 22.6 Å². The van der Waals surface area contributed by atoms with Crippen molar-refractivity contribution >= 4 is 22.6 Å². The van der Waals surface area contributed by atoms with Crippen molar-refractivity contribution in [3.63, 3.8) is 0 Å². The van der Waals surface area contributed by atoms with E-state index >= 15 is 0 Å². The molecule has 0 fully saturated rings. The quantitative estimate of drug-likeness (QED) is 0.531. The summed E-state index contributed by atoms with van der Waals surface area (Å²) < 4.78 is 1.25. The van der Waals surface area contributed by atoms with Gasteiger partial charge < -0.3 is 0 Å². The molecule has 36 valence electrons. The zero-order chi connectivity index (χ0) is 5.28. The molecule has 0 bridgehead atoms. The van der Waals surface area contributed by atoms with Crippen LogP contribution in [0.2, 0.25) is 0 Å². The molecular formula is C6H5I. The van der Waals surface area contributed by atoms with Crippen LogP contribution in [0.3, 0.4) is 0 Å². The Morgan fingerprint density at radius 2 is 2.29 bits per heavy atom. The summed E-state index contributed by atoms with van der Waals surface area (Å²) in [5.41, 5.74) is 1.13. The van der Waals surface area contributed by atoms with Gasteiger partial charge in [-0.05, 0) is 34.2 Å². The molecular weight excluding hydrogens is 199 g/mol. The highest BCUT2D eigenvalue weighted by atomic mass is 127. The number of halogens is 1. The van der Waals surface area contributed by atoms with Crippen molar-refractivity contribution in [2.75, 3.05) is 0 Å². The molecule has 0 nitrogen and oxygen atoms in total. The van der Waals surface area contributed by atoms with Crippen molar-refractivity contribution in [2.45, 2.75) is 0 Å². The van der Waals surface area contributed by atoms with E-state index in [1.165, 1.54) is 3.58 Å². The maximum atomic E-state index is 3.77. The molecule has 7 heavy (non-hydrogen) atoms. The van der Waals surface area contributed by atoms with Gasteiger partial charge in [-0.1, -0.05) is 18.7 Å². The maximum Gasteiger partial charge on any atom is 0.0196 e. The highest BCUT2D eigenvalue weighted by Gasteiger charge is 1.95. The van der Waals surface area contributed by atoms with Crippen molar-refractivity contribution in [1.82, 2.24) is 0 Å². The predicted octanol–water partition coefficient (Wildman–Crippen LogP) is 2.43. The lowest BCUT2D eigenvalue weighted by molar-refractivity contribution is 1.84. The van der Waals surface area contributed by atoms with Crippen molar-refractivity contribution in [2.24, 2.45) is 0 Å². The lowest BCUT2D eigenvalue weighted by Gasteiger charge is -1.84.